The minimum absolute atomic E-state index is 0.0320. The Hall–Kier alpha value is -8.61. The highest BCUT2D eigenvalue weighted by atomic mass is 16.6. The fourth-order valence-electron chi connectivity index (χ4n) is 13.2. The Morgan fingerprint density at radius 1 is 0.670 bits per heavy atom. The van der Waals surface area contributed by atoms with Gasteiger partial charge in [0.15, 0.2) is 0 Å². The van der Waals surface area contributed by atoms with Gasteiger partial charge in [-0.15, -0.1) is 0 Å². The number of fused-ring (bicyclic) bond motifs is 3. The number of carbonyl (C=O) groups excluding carboxylic acids is 9. The van der Waals surface area contributed by atoms with Gasteiger partial charge in [0.1, 0.15) is 37.4 Å². The highest BCUT2D eigenvalue weighted by Crippen LogP contribution is 2.44. The normalized spacial score (nSPS) is 16.9. The second-order valence-electron chi connectivity index (χ2n) is 26.7. The molecule has 12 atom stereocenters. The van der Waals surface area contributed by atoms with Crippen LogP contribution in [0.15, 0.2) is 103 Å². The summed E-state index contributed by atoms with van der Waals surface area (Å²) in [5, 5.41) is 27.7. The van der Waals surface area contributed by atoms with Crippen molar-refractivity contribution >= 4 is 59.3 Å². The summed E-state index contributed by atoms with van der Waals surface area (Å²) in [5.74, 6) is -5.11. The minimum Gasteiger partial charge on any atom is -0.449 e. The summed E-state index contributed by atoms with van der Waals surface area (Å²) in [4.78, 5) is 129. The van der Waals surface area contributed by atoms with Crippen LogP contribution in [0.3, 0.4) is 0 Å². The van der Waals surface area contributed by atoms with Crippen molar-refractivity contribution in [2.24, 2.45) is 35.3 Å². The first-order valence-corrected chi connectivity index (χ1v) is 33.8. The number of alkyl carbamates (subject to hydrolysis) is 1. The Balaban J connectivity index is 1.04. The number of benzene rings is 4. The predicted octanol–water partition coefficient (Wildman–Crippen LogP) is 8.01. The molecule has 0 aromatic heterocycles. The number of ether oxygens (including phenoxy) is 4. The maximum absolute atomic E-state index is 14.8. The Morgan fingerprint density at radius 3 is 1.85 bits per heavy atom. The molecule has 9 N–H and O–H groups in total. The lowest BCUT2D eigenvalue weighted by Gasteiger charge is -2.41. The number of nitrogens with zero attached hydrogens (tertiary/aromatic N) is 3. The number of methoxy groups -OCH3 is 2. The molecule has 530 valence electrons. The molecule has 12 unspecified atom stereocenters. The van der Waals surface area contributed by atoms with E-state index < -0.39 is 126 Å². The third-order valence-electron chi connectivity index (χ3n) is 18.8. The molecule has 2 aliphatic rings. The van der Waals surface area contributed by atoms with E-state index in [0.717, 1.165) is 22.3 Å². The van der Waals surface area contributed by atoms with E-state index in [1.54, 1.807) is 109 Å². The summed E-state index contributed by atoms with van der Waals surface area (Å²) in [5.41, 5.74) is 11.0. The van der Waals surface area contributed by atoms with Gasteiger partial charge in [0, 0.05) is 53.0 Å². The summed E-state index contributed by atoms with van der Waals surface area (Å²) < 4.78 is 23.5. The van der Waals surface area contributed by atoms with Gasteiger partial charge < -0.3 is 71.5 Å². The molecule has 1 saturated heterocycles. The van der Waals surface area contributed by atoms with Crippen molar-refractivity contribution in [2.45, 2.75) is 181 Å². The quantitative estimate of drug-likeness (QED) is 0.0206. The largest absolute Gasteiger partial charge is 0.449 e. The van der Waals surface area contributed by atoms with Gasteiger partial charge in [-0.05, 0) is 102 Å². The van der Waals surface area contributed by atoms with E-state index in [0.29, 0.717) is 42.6 Å². The van der Waals surface area contributed by atoms with Gasteiger partial charge in [0.05, 0.1) is 48.8 Å². The number of nitrogens with one attached hydrogen (secondary N) is 6. The maximum Gasteiger partial charge on any atom is 0.410 e. The number of rotatable bonds is 34. The fourth-order valence-corrected chi connectivity index (χ4v) is 13.2. The lowest BCUT2D eigenvalue weighted by Crippen LogP contribution is -2.60. The van der Waals surface area contributed by atoms with Crippen LogP contribution in [0, 0.1) is 29.6 Å². The topological polar surface area (TPSA) is 319 Å². The fraction of sp³-hybridized carbons (Fsp3) is 0.548. The molecule has 4 aromatic rings. The van der Waals surface area contributed by atoms with Crippen LogP contribution in [0.4, 0.5) is 20.1 Å². The van der Waals surface area contributed by atoms with Gasteiger partial charge in [-0.1, -0.05) is 160 Å². The Labute approximate surface area is 571 Å². The van der Waals surface area contributed by atoms with Crippen LogP contribution in [0.5, 0.6) is 0 Å². The second-order valence-corrected chi connectivity index (χ2v) is 26.7. The minimum atomic E-state index is -1.13. The van der Waals surface area contributed by atoms with Crippen LogP contribution in [-0.4, -0.2) is 176 Å². The van der Waals surface area contributed by atoms with Crippen molar-refractivity contribution in [2.75, 3.05) is 53.3 Å². The molecule has 0 radical (unpaired) electrons. The van der Waals surface area contributed by atoms with Crippen molar-refractivity contribution in [3.8, 4) is 11.1 Å². The first-order chi connectivity index (χ1) is 46.1. The molecule has 4 aromatic carbocycles. The molecular formula is C73H104N10O14. The lowest BCUT2D eigenvalue weighted by molar-refractivity contribution is -0.148. The monoisotopic (exact) mass is 1340 g/mol. The molecule has 0 saturated carbocycles. The summed E-state index contributed by atoms with van der Waals surface area (Å²) in [6.07, 6.45) is -1.84. The standard InChI is InChI=1S/C73H104N10O14/c1-15-45(8)63(58(94-13)39-59(84)83-38-24-32-57(83)65(95-14)46(9)66(86)76-47(10)64(85)49-25-17-16-18-26-49)81(11)70(90)61(43(4)5)79-69(89)62(44(6)7)82(12)73(93)97-40-48-33-35-50(36-34-48)77-67(87)56(31-23-37-75-71(74)91)78-68(88)60(42(2)3)80-72(92)96-41-55-53-29-21-19-27-51(53)52-28-20-22-30-54(52)55/h16-22,25-30,33-36,42-47,55-58,60-65,85H,15,23-24,31-32,37-41H2,1-14H3,(H,76,86)(H,77,87)(H,78,88)(H,79,89)(H,80,92)(H3,74,75,91). The van der Waals surface area contributed by atoms with Crippen molar-refractivity contribution in [3.63, 3.8) is 0 Å². The Kier molecular flexibility index (Phi) is 29.2. The smallest absolute Gasteiger partial charge is 0.410 e. The van der Waals surface area contributed by atoms with Gasteiger partial charge in [-0.3, -0.25) is 33.7 Å². The third kappa shape index (κ3) is 20.5. The van der Waals surface area contributed by atoms with E-state index in [2.05, 4.69) is 31.9 Å². The highest BCUT2D eigenvalue weighted by molar-refractivity contribution is 5.98. The van der Waals surface area contributed by atoms with Gasteiger partial charge in [0.25, 0.3) is 0 Å². The average molecular weight is 1350 g/mol. The summed E-state index contributed by atoms with van der Waals surface area (Å²) in [7, 11) is 6.10. The van der Waals surface area contributed by atoms with Crippen LogP contribution in [0.25, 0.3) is 11.1 Å². The molecule has 10 amide bonds. The number of likely N-dealkylation sites (tertiary alicyclic amines) is 1. The molecular weight excluding hydrogens is 1240 g/mol. The second kappa shape index (κ2) is 36.7. The molecule has 24 nitrogen and oxygen atoms in total. The Morgan fingerprint density at radius 2 is 1.28 bits per heavy atom. The van der Waals surface area contributed by atoms with Gasteiger partial charge >= 0.3 is 18.2 Å². The summed E-state index contributed by atoms with van der Waals surface area (Å²) >= 11 is 0. The number of aliphatic hydroxyl groups excluding tert-OH is 1. The zero-order valence-corrected chi connectivity index (χ0v) is 58.8. The van der Waals surface area contributed by atoms with E-state index in [4.69, 9.17) is 24.7 Å². The molecule has 6 rings (SSSR count). The molecule has 0 bridgehead atoms. The molecule has 1 aliphatic carbocycles. The van der Waals surface area contributed by atoms with Crippen LogP contribution in [-0.2, 0) is 54.3 Å². The molecule has 97 heavy (non-hydrogen) atoms. The zero-order valence-electron chi connectivity index (χ0n) is 58.8. The van der Waals surface area contributed by atoms with E-state index in [1.807, 2.05) is 80.6 Å². The van der Waals surface area contributed by atoms with Crippen molar-refractivity contribution in [3.05, 3.63) is 125 Å². The van der Waals surface area contributed by atoms with E-state index >= 15 is 0 Å². The number of likely N-dealkylation sites (N-methyl/N-ethyl adjacent to an activating group) is 2. The SMILES string of the molecule is CCC(C)C(C(CC(=O)N1CCCC1C(OC)C(C)C(=O)NC(C)C(O)c1ccccc1)OC)N(C)C(=O)C(NC(=O)C(C(C)C)N(C)C(=O)OCc1ccc(NC(=O)C(CCCNC(N)=O)NC(=O)C(NC(=O)OCC2c3ccccc3-c3ccccc32)C(C)C)cc1)C(C)C. The zero-order chi connectivity index (χ0) is 71.4. The number of carbonyl (C=O) groups is 9. The van der Waals surface area contributed by atoms with Crippen molar-refractivity contribution in [1.82, 2.24) is 41.3 Å². The number of nitrogens with two attached hydrogens (primary N) is 1. The predicted molar refractivity (Wildman–Crippen MR) is 369 cm³/mol. The maximum atomic E-state index is 14.8. The number of urea groups is 1. The first kappa shape index (κ1) is 77.4. The Bertz CT molecular complexity index is 3250. The number of amides is 10. The number of hydrogen-bond donors (Lipinski definition) is 8. The van der Waals surface area contributed by atoms with Crippen molar-refractivity contribution < 1.29 is 67.2 Å². The molecule has 1 fully saturated rings. The van der Waals surface area contributed by atoms with E-state index in [-0.39, 0.29) is 62.7 Å². The molecule has 1 aliphatic heterocycles. The van der Waals surface area contributed by atoms with Gasteiger partial charge in [0.2, 0.25) is 35.4 Å². The first-order valence-electron chi connectivity index (χ1n) is 33.8. The van der Waals surface area contributed by atoms with Crippen LogP contribution >= 0.6 is 0 Å². The number of hydrogen-bond acceptors (Lipinski definition) is 14. The summed E-state index contributed by atoms with van der Waals surface area (Å²) in [6.45, 7) is 18.5. The van der Waals surface area contributed by atoms with E-state index in [9.17, 15) is 48.3 Å². The lowest BCUT2D eigenvalue weighted by atomic mass is 9.89. The number of aliphatic hydroxyl groups is 1. The molecule has 24 heteroatoms. The average Bonchev–Trinajstić information content (AvgIpc) is 1.62. The summed E-state index contributed by atoms with van der Waals surface area (Å²) in [6, 6.07) is 24.6. The van der Waals surface area contributed by atoms with Crippen LogP contribution in [0.2, 0.25) is 0 Å². The number of anilines is 1. The van der Waals surface area contributed by atoms with E-state index in [1.165, 1.54) is 26.2 Å². The molecule has 1 heterocycles. The number of primary amides is 1. The van der Waals surface area contributed by atoms with Crippen molar-refractivity contribution in [1.29, 1.82) is 0 Å². The molecule has 0 spiro atoms. The van der Waals surface area contributed by atoms with Gasteiger partial charge in [-0.2, -0.15) is 0 Å². The van der Waals surface area contributed by atoms with Gasteiger partial charge in [-0.25, -0.2) is 14.4 Å². The highest BCUT2D eigenvalue weighted by Gasteiger charge is 2.44. The van der Waals surface area contributed by atoms with Crippen LogP contribution < -0.4 is 37.6 Å². The van der Waals surface area contributed by atoms with Crippen LogP contribution in [0.1, 0.15) is 142 Å². The third-order valence-corrected chi connectivity index (χ3v) is 18.8.